The Morgan fingerprint density at radius 2 is 2.30 bits per heavy atom. The molecule has 1 aliphatic rings. The minimum absolute atomic E-state index is 0.0995. The summed E-state index contributed by atoms with van der Waals surface area (Å²) in [4.78, 5) is 1.04. The lowest BCUT2D eigenvalue weighted by Crippen LogP contribution is -2.40. The second-order valence-corrected chi connectivity index (χ2v) is 8.04. The Hall–Kier alpha value is -0.470. The van der Waals surface area contributed by atoms with Gasteiger partial charge in [-0.1, -0.05) is 6.92 Å². The van der Waals surface area contributed by atoms with Gasteiger partial charge in [0, 0.05) is 24.1 Å². The van der Waals surface area contributed by atoms with Gasteiger partial charge in [0.2, 0.25) is 10.0 Å². The topological polar surface area (TPSA) is 67.4 Å². The van der Waals surface area contributed by atoms with Crippen LogP contribution in [0, 0.1) is 0 Å². The summed E-state index contributed by atoms with van der Waals surface area (Å²) in [7, 11) is -3.41. The van der Waals surface area contributed by atoms with Crippen LogP contribution in [0.15, 0.2) is 16.3 Å². The molecule has 7 heteroatoms. The molecule has 1 atom stereocenters. The molecule has 20 heavy (non-hydrogen) atoms. The van der Waals surface area contributed by atoms with Crippen LogP contribution >= 0.6 is 11.3 Å². The molecule has 1 aliphatic heterocycles. The van der Waals surface area contributed by atoms with Crippen molar-refractivity contribution >= 4 is 21.4 Å². The summed E-state index contributed by atoms with van der Waals surface area (Å²) in [6.45, 7) is 4.96. The summed E-state index contributed by atoms with van der Waals surface area (Å²) in [5, 5.41) is 3.27. The lowest BCUT2D eigenvalue weighted by molar-refractivity contribution is 0.0774. The second-order valence-electron chi connectivity index (χ2n) is 4.93. The highest BCUT2D eigenvalue weighted by Crippen LogP contribution is 2.22. The number of sulfonamides is 1. The van der Waals surface area contributed by atoms with Crippen LogP contribution in [0.5, 0.6) is 0 Å². The van der Waals surface area contributed by atoms with E-state index in [1.54, 1.807) is 6.07 Å². The van der Waals surface area contributed by atoms with Gasteiger partial charge in [0.1, 0.15) is 4.21 Å². The normalized spacial score (nSPS) is 20.1. The Morgan fingerprint density at radius 3 is 3.00 bits per heavy atom. The molecule has 1 fully saturated rings. The van der Waals surface area contributed by atoms with Crippen molar-refractivity contribution in [3.63, 3.8) is 0 Å². The standard InChI is InChI=1S/C13H22N2O3S2/c1-2-7-14-9-12-5-6-13(19-12)20(16,17)15-11-4-3-8-18-10-11/h5-6,11,14-15H,2-4,7-10H2,1H3. The predicted molar refractivity (Wildman–Crippen MR) is 80.5 cm³/mol. The molecular weight excluding hydrogens is 296 g/mol. The first-order valence-electron chi connectivity index (χ1n) is 7.01. The third kappa shape index (κ3) is 4.53. The molecule has 1 aromatic rings. The minimum atomic E-state index is -3.41. The van der Waals surface area contributed by atoms with E-state index in [1.165, 1.54) is 11.3 Å². The van der Waals surface area contributed by atoms with Gasteiger partial charge in [0.15, 0.2) is 0 Å². The molecule has 1 unspecified atom stereocenters. The summed E-state index contributed by atoms with van der Waals surface area (Å²) in [5.41, 5.74) is 0. The minimum Gasteiger partial charge on any atom is -0.380 e. The zero-order valence-electron chi connectivity index (χ0n) is 11.7. The fourth-order valence-corrected chi connectivity index (χ4v) is 4.69. The van der Waals surface area contributed by atoms with E-state index < -0.39 is 10.0 Å². The highest BCUT2D eigenvalue weighted by Gasteiger charge is 2.23. The van der Waals surface area contributed by atoms with Gasteiger partial charge in [-0.05, 0) is 37.9 Å². The van der Waals surface area contributed by atoms with E-state index in [2.05, 4.69) is 17.0 Å². The molecular formula is C13H22N2O3S2. The van der Waals surface area contributed by atoms with Crippen molar-refractivity contribution in [2.45, 2.75) is 43.0 Å². The van der Waals surface area contributed by atoms with Gasteiger partial charge < -0.3 is 10.1 Å². The van der Waals surface area contributed by atoms with Crippen molar-refractivity contribution in [1.82, 2.24) is 10.0 Å². The highest BCUT2D eigenvalue weighted by atomic mass is 32.2. The van der Waals surface area contributed by atoms with Crippen LogP contribution in [0.4, 0.5) is 0 Å². The summed E-state index contributed by atoms with van der Waals surface area (Å²) in [5.74, 6) is 0. The van der Waals surface area contributed by atoms with Crippen molar-refractivity contribution in [2.24, 2.45) is 0 Å². The van der Waals surface area contributed by atoms with Gasteiger partial charge in [0.25, 0.3) is 0 Å². The molecule has 5 nitrogen and oxygen atoms in total. The first-order chi connectivity index (χ1) is 9.62. The monoisotopic (exact) mass is 318 g/mol. The summed E-state index contributed by atoms with van der Waals surface area (Å²) in [6.07, 6.45) is 2.82. The number of hydrogen-bond donors (Lipinski definition) is 2. The molecule has 0 aromatic carbocycles. The average Bonchev–Trinajstić information content (AvgIpc) is 2.89. The van der Waals surface area contributed by atoms with Crippen molar-refractivity contribution in [1.29, 1.82) is 0 Å². The Labute approximate surface area is 124 Å². The third-order valence-electron chi connectivity index (χ3n) is 3.11. The van der Waals surface area contributed by atoms with E-state index in [4.69, 9.17) is 4.74 Å². The molecule has 0 spiro atoms. The van der Waals surface area contributed by atoms with Crippen molar-refractivity contribution in [2.75, 3.05) is 19.8 Å². The van der Waals surface area contributed by atoms with Crippen LogP contribution in [0.25, 0.3) is 0 Å². The molecule has 0 saturated carbocycles. The first-order valence-corrected chi connectivity index (χ1v) is 9.31. The zero-order chi connectivity index (χ0) is 14.4. The molecule has 0 radical (unpaired) electrons. The molecule has 2 N–H and O–H groups in total. The van der Waals surface area contributed by atoms with Crippen LogP contribution in [0.3, 0.4) is 0 Å². The maximum Gasteiger partial charge on any atom is 0.250 e. The molecule has 0 bridgehead atoms. The van der Waals surface area contributed by atoms with Crippen LogP contribution in [-0.2, 0) is 21.3 Å². The van der Waals surface area contributed by atoms with E-state index in [-0.39, 0.29) is 6.04 Å². The van der Waals surface area contributed by atoms with Crippen LogP contribution < -0.4 is 10.0 Å². The number of ether oxygens (including phenoxy) is 1. The van der Waals surface area contributed by atoms with E-state index in [0.29, 0.717) is 10.8 Å². The lowest BCUT2D eigenvalue weighted by atomic mass is 10.1. The molecule has 1 aromatic heterocycles. The van der Waals surface area contributed by atoms with Gasteiger partial charge in [-0.2, -0.15) is 0 Å². The maximum atomic E-state index is 12.3. The Balaban J connectivity index is 1.94. The molecule has 2 heterocycles. The van der Waals surface area contributed by atoms with Gasteiger partial charge >= 0.3 is 0 Å². The number of nitrogens with one attached hydrogen (secondary N) is 2. The summed E-state index contributed by atoms with van der Waals surface area (Å²) >= 11 is 1.33. The van der Waals surface area contributed by atoms with Crippen LogP contribution in [0.2, 0.25) is 0 Å². The fraction of sp³-hybridized carbons (Fsp3) is 0.692. The summed E-state index contributed by atoms with van der Waals surface area (Å²) < 4.78 is 32.9. The SMILES string of the molecule is CCCNCc1ccc(S(=O)(=O)NC2CCCOC2)s1. The Bertz CT molecular complexity index is 507. The third-order valence-corrected chi connectivity index (χ3v) is 6.21. The molecule has 114 valence electrons. The predicted octanol–water partition coefficient (Wildman–Crippen LogP) is 1.70. The molecule has 1 saturated heterocycles. The van der Waals surface area contributed by atoms with Gasteiger partial charge in [-0.3, -0.25) is 0 Å². The first kappa shape index (κ1) is 15.9. The number of hydrogen-bond acceptors (Lipinski definition) is 5. The molecule has 2 rings (SSSR count). The number of rotatable bonds is 7. The Morgan fingerprint density at radius 1 is 1.45 bits per heavy atom. The highest BCUT2D eigenvalue weighted by molar-refractivity contribution is 7.91. The van der Waals surface area contributed by atoms with E-state index in [0.717, 1.165) is 43.8 Å². The van der Waals surface area contributed by atoms with Crippen molar-refractivity contribution in [3.05, 3.63) is 17.0 Å². The van der Waals surface area contributed by atoms with Gasteiger partial charge in [0.05, 0.1) is 6.61 Å². The van der Waals surface area contributed by atoms with Crippen molar-refractivity contribution in [3.8, 4) is 0 Å². The van der Waals surface area contributed by atoms with E-state index >= 15 is 0 Å². The number of thiophene rings is 1. The van der Waals surface area contributed by atoms with Gasteiger partial charge in [-0.15, -0.1) is 11.3 Å². The van der Waals surface area contributed by atoms with Crippen molar-refractivity contribution < 1.29 is 13.2 Å². The second kappa shape index (κ2) is 7.51. The maximum absolute atomic E-state index is 12.3. The Kier molecular flexibility index (Phi) is 5.98. The lowest BCUT2D eigenvalue weighted by Gasteiger charge is -2.22. The average molecular weight is 318 g/mol. The largest absolute Gasteiger partial charge is 0.380 e. The smallest absolute Gasteiger partial charge is 0.250 e. The zero-order valence-corrected chi connectivity index (χ0v) is 13.4. The van der Waals surface area contributed by atoms with E-state index in [1.807, 2.05) is 6.07 Å². The molecule has 0 aliphatic carbocycles. The summed E-state index contributed by atoms with van der Waals surface area (Å²) in [6, 6.07) is 3.45. The fourth-order valence-electron chi connectivity index (χ4n) is 2.10. The van der Waals surface area contributed by atoms with Gasteiger partial charge in [-0.25, -0.2) is 13.1 Å². The van der Waals surface area contributed by atoms with Crippen LogP contribution in [-0.4, -0.2) is 34.2 Å². The van der Waals surface area contributed by atoms with Crippen LogP contribution in [0.1, 0.15) is 31.1 Å². The van der Waals surface area contributed by atoms with E-state index in [9.17, 15) is 8.42 Å². The molecule has 0 amide bonds. The quantitative estimate of drug-likeness (QED) is 0.751.